The van der Waals surface area contributed by atoms with E-state index in [1.807, 2.05) is 18.2 Å². The van der Waals surface area contributed by atoms with Gasteiger partial charge in [0.25, 0.3) is 0 Å². The molecule has 4 nitrogen and oxygen atoms in total. The van der Waals surface area contributed by atoms with Crippen molar-refractivity contribution in [2.75, 3.05) is 26.0 Å². The zero-order valence-electron chi connectivity index (χ0n) is 11.5. The lowest BCUT2D eigenvalue weighted by atomic mass is 10.1. The Labute approximate surface area is 109 Å². The van der Waals surface area contributed by atoms with Crippen molar-refractivity contribution in [1.82, 2.24) is 4.90 Å². The lowest BCUT2D eigenvalue weighted by Crippen LogP contribution is -2.31. The predicted octanol–water partition coefficient (Wildman–Crippen LogP) is 1.87. The molecule has 0 aliphatic rings. The van der Waals surface area contributed by atoms with E-state index in [4.69, 9.17) is 15.6 Å². The number of nitrogen functional groups attached to an aromatic ring is 1. The van der Waals surface area contributed by atoms with E-state index in [0.717, 1.165) is 30.8 Å². The fourth-order valence-corrected chi connectivity index (χ4v) is 1.90. The van der Waals surface area contributed by atoms with Crippen LogP contribution in [0.25, 0.3) is 0 Å². The van der Waals surface area contributed by atoms with Crippen LogP contribution in [0.5, 0.6) is 5.75 Å². The van der Waals surface area contributed by atoms with Gasteiger partial charge in [-0.25, -0.2) is 0 Å². The van der Waals surface area contributed by atoms with Gasteiger partial charge in [-0.15, -0.1) is 0 Å². The Bertz CT molecular complexity index is 367. The van der Waals surface area contributed by atoms with E-state index in [0.29, 0.717) is 11.7 Å². The van der Waals surface area contributed by atoms with E-state index >= 15 is 0 Å². The number of anilines is 1. The molecular weight excluding hydrogens is 228 g/mol. The number of nitrogens with zero attached hydrogens (tertiary/aromatic N) is 1. The van der Waals surface area contributed by atoms with Crippen LogP contribution < -0.4 is 10.5 Å². The molecular formula is C14H24N2O2. The van der Waals surface area contributed by atoms with Gasteiger partial charge >= 0.3 is 0 Å². The minimum atomic E-state index is 0.224. The summed E-state index contributed by atoms with van der Waals surface area (Å²) in [5.41, 5.74) is 7.58. The molecule has 0 atom stereocenters. The molecule has 0 aliphatic heterocycles. The fraction of sp³-hybridized carbons (Fsp3) is 0.571. The van der Waals surface area contributed by atoms with E-state index in [-0.39, 0.29) is 6.61 Å². The highest BCUT2D eigenvalue weighted by atomic mass is 16.5. The molecule has 0 bridgehead atoms. The second-order valence-corrected chi connectivity index (χ2v) is 4.71. The van der Waals surface area contributed by atoms with Crippen molar-refractivity contribution < 1.29 is 9.84 Å². The average Bonchev–Trinajstić information content (AvgIpc) is 2.35. The Hall–Kier alpha value is -1.26. The molecule has 102 valence electrons. The normalized spacial score (nSPS) is 11.2. The first-order valence-electron chi connectivity index (χ1n) is 6.35. The first-order chi connectivity index (χ1) is 8.58. The summed E-state index contributed by atoms with van der Waals surface area (Å²) in [5, 5.41) is 8.93. The van der Waals surface area contributed by atoms with Gasteiger partial charge in [0.05, 0.1) is 7.11 Å². The Morgan fingerprint density at radius 2 is 2.11 bits per heavy atom. The Morgan fingerprint density at radius 3 is 2.67 bits per heavy atom. The standard InChI is InChI=1S/C14H24N2O2/c1-11(2)16(7-4-8-17)10-12-5-6-13(15)9-14(12)18-3/h5-6,9,11,17H,4,7-8,10,15H2,1-3H3. The molecule has 0 aliphatic carbocycles. The van der Waals surface area contributed by atoms with Crippen LogP contribution in [0.3, 0.4) is 0 Å². The Balaban J connectivity index is 2.79. The summed E-state index contributed by atoms with van der Waals surface area (Å²) in [6.07, 6.45) is 0.787. The Morgan fingerprint density at radius 1 is 1.39 bits per heavy atom. The van der Waals surface area contributed by atoms with Crippen LogP contribution in [0, 0.1) is 0 Å². The van der Waals surface area contributed by atoms with Crippen molar-refractivity contribution in [3.05, 3.63) is 23.8 Å². The largest absolute Gasteiger partial charge is 0.496 e. The SMILES string of the molecule is COc1cc(N)ccc1CN(CCCO)C(C)C. The van der Waals surface area contributed by atoms with Crippen LogP contribution in [0.2, 0.25) is 0 Å². The number of aliphatic hydroxyl groups is 1. The van der Waals surface area contributed by atoms with Crippen LogP contribution in [0.1, 0.15) is 25.8 Å². The summed E-state index contributed by atoms with van der Waals surface area (Å²) in [7, 11) is 1.66. The second-order valence-electron chi connectivity index (χ2n) is 4.71. The van der Waals surface area contributed by atoms with Crippen molar-refractivity contribution >= 4 is 5.69 Å². The molecule has 3 N–H and O–H groups in total. The molecule has 1 rings (SSSR count). The Kier molecular flexibility index (Phi) is 5.95. The van der Waals surface area contributed by atoms with Gasteiger partial charge in [0.15, 0.2) is 0 Å². The quantitative estimate of drug-likeness (QED) is 0.727. The number of hydrogen-bond donors (Lipinski definition) is 2. The van der Waals surface area contributed by atoms with E-state index in [9.17, 15) is 0 Å². The van der Waals surface area contributed by atoms with Gasteiger partial charge in [0.1, 0.15) is 5.75 Å². The van der Waals surface area contributed by atoms with Crippen LogP contribution in [0.4, 0.5) is 5.69 Å². The summed E-state index contributed by atoms with van der Waals surface area (Å²) >= 11 is 0. The third-order valence-electron chi connectivity index (χ3n) is 3.02. The minimum absolute atomic E-state index is 0.224. The van der Waals surface area contributed by atoms with Crippen molar-refractivity contribution in [2.24, 2.45) is 0 Å². The maximum Gasteiger partial charge on any atom is 0.125 e. The number of benzene rings is 1. The number of aliphatic hydroxyl groups excluding tert-OH is 1. The van der Waals surface area contributed by atoms with Crippen LogP contribution in [-0.4, -0.2) is 36.3 Å². The molecule has 0 saturated heterocycles. The highest BCUT2D eigenvalue weighted by Gasteiger charge is 2.12. The minimum Gasteiger partial charge on any atom is -0.496 e. The smallest absolute Gasteiger partial charge is 0.125 e. The van der Waals surface area contributed by atoms with Gasteiger partial charge < -0.3 is 15.6 Å². The summed E-state index contributed by atoms with van der Waals surface area (Å²) in [4.78, 5) is 2.31. The molecule has 0 unspecified atom stereocenters. The molecule has 0 aromatic heterocycles. The van der Waals surface area contributed by atoms with E-state index < -0.39 is 0 Å². The van der Waals surface area contributed by atoms with E-state index in [1.54, 1.807) is 7.11 Å². The number of methoxy groups -OCH3 is 1. The fourth-order valence-electron chi connectivity index (χ4n) is 1.90. The second kappa shape index (κ2) is 7.24. The van der Waals surface area contributed by atoms with Gasteiger partial charge in [-0.3, -0.25) is 4.90 Å². The maximum absolute atomic E-state index is 8.93. The average molecular weight is 252 g/mol. The van der Waals surface area contributed by atoms with Crippen molar-refractivity contribution in [2.45, 2.75) is 32.9 Å². The third kappa shape index (κ3) is 4.20. The van der Waals surface area contributed by atoms with Gasteiger partial charge in [0, 0.05) is 43.1 Å². The lowest BCUT2D eigenvalue weighted by molar-refractivity contribution is 0.183. The van der Waals surface area contributed by atoms with Crippen molar-refractivity contribution in [3.63, 3.8) is 0 Å². The number of ether oxygens (including phenoxy) is 1. The van der Waals surface area contributed by atoms with Crippen LogP contribution >= 0.6 is 0 Å². The molecule has 1 aromatic carbocycles. The molecule has 4 heteroatoms. The van der Waals surface area contributed by atoms with Crippen LogP contribution in [0.15, 0.2) is 18.2 Å². The molecule has 1 aromatic rings. The van der Waals surface area contributed by atoms with Gasteiger partial charge in [-0.2, -0.15) is 0 Å². The van der Waals surface area contributed by atoms with Gasteiger partial charge in [-0.1, -0.05) is 6.07 Å². The topological polar surface area (TPSA) is 58.7 Å². The number of rotatable bonds is 7. The monoisotopic (exact) mass is 252 g/mol. The van der Waals surface area contributed by atoms with Crippen molar-refractivity contribution in [1.29, 1.82) is 0 Å². The summed E-state index contributed by atoms with van der Waals surface area (Å²) in [6, 6.07) is 6.17. The number of hydrogen-bond acceptors (Lipinski definition) is 4. The highest BCUT2D eigenvalue weighted by Crippen LogP contribution is 2.23. The predicted molar refractivity (Wildman–Crippen MR) is 74.7 cm³/mol. The molecule has 0 saturated carbocycles. The number of nitrogens with two attached hydrogens (primary N) is 1. The third-order valence-corrected chi connectivity index (χ3v) is 3.02. The molecule has 0 fully saturated rings. The van der Waals surface area contributed by atoms with Crippen LogP contribution in [-0.2, 0) is 6.54 Å². The van der Waals surface area contributed by atoms with Crippen molar-refractivity contribution in [3.8, 4) is 5.75 Å². The molecule has 18 heavy (non-hydrogen) atoms. The summed E-state index contributed by atoms with van der Waals surface area (Å²) in [6.45, 7) is 6.22. The molecule has 0 heterocycles. The summed E-state index contributed by atoms with van der Waals surface area (Å²) in [5.74, 6) is 0.824. The molecule has 0 amide bonds. The highest BCUT2D eigenvalue weighted by molar-refractivity contribution is 5.48. The first kappa shape index (κ1) is 14.8. The molecule has 0 spiro atoms. The van der Waals surface area contributed by atoms with Gasteiger partial charge in [-0.05, 0) is 26.3 Å². The maximum atomic E-state index is 8.93. The van der Waals surface area contributed by atoms with E-state index in [2.05, 4.69) is 18.7 Å². The summed E-state index contributed by atoms with van der Waals surface area (Å²) < 4.78 is 5.36. The first-order valence-corrected chi connectivity index (χ1v) is 6.35. The van der Waals surface area contributed by atoms with Gasteiger partial charge in [0.2, 0.25) is 0 Å². The van der Waals surface area contributed by atoms with E-state index in [1.165, 1.54) is 0 Å². The molecule has 0 radical (unpaired) electrons. The lowest BCUT2D eigenvalue weighted by Gasteiger charge is -2.27. The zero-order chi connectivity index (χ0) is 13.5. The zero-order valence-corrected chi connectivity index (χ0v) is 11.5.